The zero-order valence-electron chi connectivity index (χ0n) is 5.43. The Bertz CT molecular complexity index is 121. The lowest BCUT2D eigenvalue weighted by atomic mass is 10.7. The fourth-order valence-electron chi connectivity index (χ4n) is 0.311. The van der Waals surface area contributed by atoms with E-state index in [0.29, 0.717) is 0 Å². The standard InChI is InChI=1S/C5H9NO3/c1-3-9-5(8)6-4(2)7/h3H2,1-2H3,(H,6,7,8). The van der Waals surface area contributed by atoms with Crippen molar-refractivity contribution in [3.63, 3.8) is 0 Å². The van der Waals surface area contributed by atoms with Crippen molar-refractivity contribution in [1.82, 2.24) is 5.32 Å². The average molecular weight is 131 g/mol. The van der Waals surface area contributed by atoms with Gasteiger partial charge in [0.25, 0.3) is 0 Å². The number of hydrogen-bond acceptors (Lipinski definition) is 3. The molecule has 0 aromatic carbocycles. The summed E-state index contributed by atoms with van der Waals surface area (Å²) in [6.45, 7) is 3.19. The summed E-state index contributed by atoms with van der Waals surface area (Å²) in [6, 6.07) is 0. The van der Waals surface area contributed by atoms with Crippen molar-refractivity contribution in [2.24, 2.45) is 0 Å². The van der Waals surface area contributed by atoms with E-state index in [1.807, 2.05) is 5.32 Å². The second-order valence-corrected chi connectivity index (χ2v) is 1.40. The third kappa shape index (κ3) is 4.80. The van der Waals surface area contributed by atoms with Gasteiger partial charge in [-0.25, -0.2) is 4.79 Å². The molecule has 0 atom stereocenters. The van der Waals surface area contributed by atoms with Crippen LogP contribution < -0.4 is 5.32 Å². The summed E-state index contributed by atoms with van der Waals surface area (Å²) in [7, 11) is 0. The summed E-state index contributed by atoms with van der Waals surface area (Å²) >= 11 is 0. The summed E-state index contributed by atoms with van der Waals surface area (Å²) in [4.78, 5) is 20.4. The van der Waals surface area contributed by atoms with Crippen LogP contribution in [0.1, 0.15) is 13.8 Å². The van der Waals surface area contributed by atoms with E-state index in [1.165, 1.54) is 6.92 Å². The molecule has 0 aliphatic heterocycles. The van der Waals surface area contributed by atoms with Crippen LogP contribution in [-0.4, -0.2) is 18.6 Å². The molecule has 0 aromatic heterocycles. The van der Waals surface area contributed by atoms with Crippen molar-refractivity contribution in [3.05, 3.63) is 0 Å². The highest BCUT2D eigenvalue weighted by atomic mass is 16.5. The first-order valence-corrected chi connectivity index (χ1v) is 2.61. The van der Waals surface area contributed by atoms with E-state index in [1.54, 1.807) is 6.92 Å². The number of hydrogen-bond donors (Lipinski definition) is 1. The molecule has 0 unspecified atom stereocenters. The van der Waals surface area contributed by atoms with Crippen molar-refractivity contribution in [3.8, 4) is 0 Å². The molecule has 0 radical (unpaired) electrons. The van der Waals surface area contributed by atoms with Gasteiger partial charge in [-0.3, -0.25) is 10.1 Å². The quantitative estimate of drug-likeness (QED) is 0.556. The van der Waals surface area contributed by atoms with Gasteiger partial charge in [0.1, 0.15) is 0 Å². The number of carbonyl (C=O) groups excluding carboxylic acids is 2. The Balaban J connectivity index is 3.39. The normalized spacial score (nSPS) is 8.22. The number of carbonyl (C=O) groups is 2. The molecule has 52 valence electrons. The van der Waals surface area contributed by atoms with E-state index in [-0.39, 0.29) is 6.61 Å². The first-order valence-electron chi connectivity index (χ1n) is 2.61. The predicted octanol–water partition coefficient (Wildman–Crippen LogP) is 0.279. The minimum atomic E-state index is -0.690. The second-order valence-electron chi connectivity index (χ2n) is 1.40. The number of ether oxygens (including phenoxy) is 1. The lowest BCUT2D eigenvalue weighted by Gasteiger charge is -1.98. The molecule has 0 aliphatic rings. The summed E-state index contributed by atoms with van der Waals surface area (Å²) in [5.41, 5.74) is 0. The van der Waals surface area contributed by atoms with Crippen molar-refractivity contribution in [2.45, 2.75) is 13.8 Å². The van der Waals surface area contributed by atoms with E-state index in [9.17, 15) is 9.59 Å². The van der Waals surface area contributed by atoms with Gasteiger partial charge in [0.05, 0.1) is 6.61 Å². The number of nitrogens with one attached hydrogen (secondary N) is 1. The zero-order valence-corrected chi connectivity index (χ0v) is 5.43. The van der Waals surface area contributed by atoms with Crippen LogP contribution in [0.5, 0.6) is 0 Å². The van der Waals surface area contributed by atoms with Crippen molar-refractivity contribution in [2.75, 3.05) is 6.61 Å². The Morgan fingerprint density at radius 3 is 2.44 bits per heavy atom. The fourth-order valence-corrected chi connectivity index (χ4v) is 0.311. The van der Waals surface area contributed by atoms with Crippen LogP contribution in [0.4, 0.5) is 4.79 Å². The molecule has 4 heteroatoms. The molecule has 4 nitrogen and oxygen atoms in total. The first kappa shape index (κ1) is 7.94. The van der Waals surface area contributed by atoms with Crippen molar-refractivity contribution < 1.29 is 14.3 Å². The van der Waals surface area contributed by atoms with Gasteiger partial charge in [0.2, 0.25) is 5.91 Å². The zero-order chi connectivity index (χ0) is 7.28. The maximum absolute atomic E-state index is 10.3. The Morgan fingerprint density at radius 1 is 1.56 bits per heavy atom. The van der Waals surface area contributed by atoms with Crippen molar-refractivity contribution in [1.29, 1.82) is 0 Å². The van der Waals surface area contributed by atoms with Crippen LogP contribution in [0.15, 0.2) is 0 Å². The van der Waals surface area contributed by atoms with E-state index in [2.05, 4.69) is 4.74 Å². The molecular formula is C5H9NO3. The highest BCUT2D eigenvalue weighted by Gasteiger charge is 2.00. The van der Waals surface area contributed by atoms with E-state index < -0.39 is 12.0 Å². The van der Waals surface area contributed by atoms with Crippen LogP contribution in [-0.2, 0) is 9.53 Å². The lowest BCUT2D eigenvalue weighted by molar-refractivity contribution is -0.118. The molecule has 9 heavy (non-hydrogen) atoms. The molecule has 0 bridgehead atoms. The molecule has 0 spiro atoms. The Morgan fingerprint density at radius 2 is 2.11 bits per heavy atom. The van der Waals surface area contributed by atoms with Gasteiger partial charge < -0.3 is 4.74 Å². The van der Waals surface area contributed by atoms with Gasteiger partial charge >= 0.3 is 6.09 Å². The van der Waals surface area contributed by atoms with Crippen LogP contribution in [0.3, 0.4) is 0 Å². The fraction of sp³-hybridized carbons (Fsp3) is 0.600. The van der Waals surface area contributed by atoms with Gasteiger partial charge in [-0.05, 0) is 6.92 Å². The largest absolute Gasteiger partial charge is 0.450 e. The number of imide groups is 1. The maximum atomic E-state index is 10.3. The Hall–Kier alpha value is -1.06. The first-order chi connectivity index (χ1) is 4.16. The minimum absolute atomic E-state index is 0.277. The monoisotopic (exact) mass is 131 g/mol. The number of amides is 2. The molecular weight excluding hydrogens is 122 g/mol. The van der Waals surface area contributed by atoms with Gasteiger partial charge in [-0.15, -0.1) is 0 Å². The SMILES string of the molecule is CCOC(=O)NC(C)=O. The maximum Gasteiger partial charge on any atom is 0.413 e. The molecule has 0 heterocycles. The summed E-state index contributed by atoms with van der Waals surface area (Å²) in [5.74, 6) is -0.409. The third-order valence-corrected chi connectivity index (χ3v) is 0.554. The van der Waals surface area contributed by atoms with Gasteiger partial charge in [0, 0.05) is 6.92 Å². The molecule has 2 amide bonds. The molecule has 0 aromatic rings. The number of alkyl carbamates (subject to hydrolysis) is 1. The highest BCUT2D eigenvalue weighted by molar-refractivity contribution is 5.90. The molecule has 0 saturated carbocycles. The van der Waals surface area contributed by atoms with Crippen LogP contribution in [0.25, 0.3) is 0 Å². The van der Waals surface area contributed by atoms with Gasteiger partial charge in [-0.2, -0.15) is 0 Å². The molecule has 0 aliphatic carbocycles. The van der Waals surface area contributed by atoms with Crippen LogP contribution >= 0.6 is 0 Å². The summed E-state index contributed by atoms with van der Waals surface area (Å²) in [5, 5.41) is 1.94. The minimum Gasteiger partial charge on any atom is -0.450 e. The van der Waals surface area contributed by atoms with Crippen LogP contribution in [0.2, 0.25) is 0 Å². The number of rotatable bonds is 1. The average Bonchev–Trinajstić information content (AvgIpc) is 1.63. The van der Waals surface area contributed by atoms with Crippen LogP contribution in [0, 0.1) is 0 Å². The Kier molecular flexibility index (Phi) is 3.43. The van der Waals surface area contributed by atoms with Gasteiger partial charge in [0.15, 0.2) is 0 Å². The Labute approximate surface area is 53.2 Å². The van der Waals surface area contributed by atoms with Gasteiger partial charge in [-0.1, -0.05) is 0 Å². The summed E-state index contributed by atoms with van der Waals surface area (Å²) in [6.07, 6.45) is -0.690. The van der Waals surface area contributed by atoms with E-state index >= 15 is 0 Å². The van der Waals surface area contributed by atoms with E-state index in [0.717, 1.165) is 0 Å². The molecule has 0 rings (SSSR count). The summed E-state index contributed by atoms with van der Waals surface area (Å²) < 4.78 is 4.38. The second kappa shape index (κ2) is 3.88. The van der Waals surface area contributed by atoms with E-state index in [4.69, 9.17) is 0 Å². The predicted molar refractivity (Wildman–Crippen MR) is 30.8 cm³/mol. The molecule has 0 fully saturated rings. The smallest absolute Gasteiger partial charge is 0.413 e. The molecule has 0 saturated heterocycles. The van der Waals surface area contributed by atoms with Crippen molar-refractivity contribution >= 4 is 12.0 Å². The topological polar surface area (TPSA) is 55.4 Å². The molecule has 1 N–H and O–H groups in total. The highest BCUT2D eigenvalue weighted by Crippen LogP contribution is 1.74. The lowest BCUT2D eigenvalue weighted by Crippen LogP contribution is -2.28. The third-order valence-electron chi connectivity index (χ3n) is 0.554.